The van der Waals surface area contributed by atoms with Gasteiger partial charge in [-0.15, -0.1) is 11.3 Å². The van der Waals surface area contributed by atoms with Crippen LogP contribution < -0.4 is 10.6 Å². The third-order valence-electron chi connectivity index (χ3n) is 3.03. The average molecular weight is 323 g/mol. The molecule has 0 aliphatic heterocycles. The second-order valence-electron chi connectivity index (χ2n) is 4.70. The van der Waals surface area contributed by atoms with Gasteiger partial charge in [0.2, 0.25) is 0 Å². The Hall–Kier alpha value is -1.52. The first-order valence-electron chi connectivity index (χ1n) is 7.04. The molecule has 5 heteroatoms. The highest BCUT2D eigenvalue weighted by molar-refractivity contribution is 7.09. The number of thiophene rings is 1. The first-order valence-corrected chi connectivity index (χ1v) is 8.30. The molecule has 1 aromatic heterocycles. The number of amides is 1. The third kappa shape index (κ3) is 4.76. The van der Waals surface area contributed by atoms with Crippen molar-refractivity contribution < 1.29 is 4.79 Å². The summed E-state index contributed by atoms with van der Waals surface area (Å²) >= 11 is 7.71. The van der Waals surface area contributed by atoms with Gasteiger partial charge in [0, 0.05) is 28.7 Å². The van der Waals surface area contributed by atoms with Gasteiger partial charge in [-0.3, -0.25) is 4.79 Å². The Morgan fingerprint density at radius 2 is 2.14 bits per heavy atom. The minimum atomic E-state index is -0.0901. The predicted octanol–water partition coefficient (Wildman–Crippen LogP) is 4.20. The molecule has 0 aliphatic rings. The molecule has 0 bridgehead atoms. The molecule has 0 spiro atoms. The Balaban J connectivity index is 1.98. The maximum atomic E-state index is 12.3. The van der Waals surface area contributed by atoms with Crippen LogP contribution in [0.15, 0.2) is 35.7 Å². The zero-order valence-electron chi connectivity index (χ0n) is 12.0. The summed E-state index contributed by atoms with van der Waals surface area (Å²) < 4.78 is 0. The van der Waals surface area contributed by atoms with Crippen LogP contribution >= 0.6 is 22.9 Å². The van der Waals surface area contributed by atoms with Crippen molar-refractivity contribution in [1.82, 2.24) is 5.32 Å². The summed E-state index contributed by atoms with van der Waals surface area (Å²) in [5, 5.41) is 8.82. The summed E-state index contributed by atoms with van der Waals surface area (Å²) in [6.07, 6.45) is 1.85. The highest BCUT2D eigenvalue weighted by Gasteiger charge is 2.11. The summed E-state index contributed by atoms with van der Waals surface area (Å²) in [6, 6.07) is 9.45. The Kier molecular flexibility index (Phi) is 6.08. The van der Waals surface area contributed by atoms with Crippen molar-refractivity contribution in [3.63, 3.8) is 0 Å². The van der Waals surface area contributed by atoms with E-state index in [4.69, 9.17) is 11.6 Å². The van der Waals surface area contributed by atoms with E-state index in [1.807, 2.05) is 17.5 Å². The maximum Gasteiger partial charge on any atom is 0.253 e. The molecule has 1 amide bonds. The van der Waals surface area contributed by atoms with Crippen LogP contribution in [0.5, 0.6) is 0 Å². The first-order chi connectivity index (χ1) is 10.2. The number of carbonyl (C=O) groups is 1. The number of benzene rings is 1. The van der Waals surface area contributed by atoms with E-state index in [1.54, 1.807) is 23.5 Å². The summed E-state index contributed by atoms with van der Waals surface area (Å²) in [5.41, 5.74) is 1.43. The third-order valence-corrected chi connectivity index (χ3v) is 4.20. The number of hydrogen-bond donors (Lipinski definition) is 2. The van der Waals surface area contributed by atoms with E-state index >= 15 is 0 Å². The molecule has 0 fully saturated rings. The highest BCUT2D eigenvalue weighted by Crippen LogP contribution is 2.20. The van der Waals surface area contributed by atoms with E-state index in [2.05, 4.69) is 23.6 Å². The average Bonchev–Trinajstić information content (AvgIpc) is 2.99. The van der Waals surface area contributed by atoms with Crippen molar-refractivity contribution in [2.45, 2.75) is 19.8 Å². The van der Waals surface area contributed by atoms with Crippen molar-refractivity contribution in [3.05, 3.63) is 51.2 Å². The van der Waals surface area contributed by atoms with Crippen LogP contribution in [0.4, 0.5) is 5.69 Å². The molecule has 0 aliphatic carbocycles. The van der Waals surface area contributed by atoms with Crippen LogP contribution in [0.1, 0.15) is 28.6 Å². The second-order valence-corrected chi connectivity index (χ2v) is 6.17. The summed E-state index contributed by atoms with van der Waals surface area (Å²) in [6.45, 7) is 3.54. The smallest absolute Gasteiger partial charge is 0.253 e. The molecule has 112 valence electrons. The molecule has 0 radical (unpaired) electrons. The number of halogens is 1. The zero-order chi connectivity index (χ0) is 15.1. The lowest BCUT2D eigenvalue weighted by Crippen LogP contribution is -2.26. The van der Waals surface area contributed by atoms with Gasteiger partial charge in [-0.05, 0) is 42.5 Å². The molecule has 2 N–H and O–H groups in total. The largest absolute Gasteiger partial charge is 0.384 e. The van der Waals surface area contributed by atoms with Crippen LogP contribution in [0.2, 0.25) is 5.02 Å². The second kappa shape index (κ2) is 8.05. The molecule has 0 saturated carbocycles. The topological polar surface area (TPSA) is 41.1 Å². The van der Waals surface area contributed by atoms with Gasteiger partial charge in [0.1, 0.15) is 0 Å². The number of rotatable bonds is 7. The van der Waals surface area contributed by atoms with Crippen molar-refractivity contribution >= 4 is 34.5 Å². The van der Waals surface area contributed by atoms with E-state index < -0.39 is 0 Å². The first kappa shape index (κ1) is 15.9. The van der Waals surface area contributed by atoms with Crippen molar-refractivity contribution in [2.75, 3.05) is 18.4 Å². The van der Waals surface area contributed by atoms with Crippen LogP contribution in [-0.4, -0.2) is 19.0 Å². The van der Waals surface area contributed by atoms with E-state index in [1.165, 1.54) is 4.88 Å². The monoisotopic (exact) mass is 322 g/mol. The molecular weight excluding hydrogens is 304 g/mol. The Labute approximate surface area is 134 Å². The quantitative estimate of drug-likeness (QED) is 0.802. The van der Waals surface area contributed by atoms with Gasteiger partial charge in [-0.2, -0.15) is 0 Å². The number of hydrogen-bond acceptors (Lipinski definition) is 3. The number of anilines is 1. The fraction of sp³-hybridized carbons (Fsp3) is 0.312. The predicted molar refractivity (Wildman–Crippen MR) is 90.6 cm³/mol. The summed E-state index contributed by atoms with van der Waals surface area (Å²) in [7, 11) is 0. The van der Waals surface area contributed by atoms with Crippen LogP contribution in [0.3, 0.4) is 0 Å². The molecule has 0 unspecified atom stereocenters. The SMILES string of the molecule is CCCNc1ccc(Cl)cc1C(=O)NCCc1cccs1. The van der Waals surface area contributed by atoms with Gasteiger partial charge in [0.15, 0.2) is 0 Å². The molecule has 21 heavy (non-hydrogen) atoms. The van der Waals surface area contributed by atoms with E-state index in [0.29, 0.717) is 17.1 Å². The van der Waals surface area contributed by atoms with Crippen LogP contribution in [-0.2, 0) is 6.42 Å². The lowest BCUT2D eigenvalue weighted by Gasteiger charge is -2.12. The van der Waals surface area contributed by atoms with Gasteiger partial charge in [-0.1, -0.05) is 24.6 Å². The number of carbonyl (C=O) groups excluding carboxylic acids is 1. The molecule has 1 heterocycles. The van der Waals surface area contributed by atoms with E-state index in [9.17, 15) is 4.79 Å². The minimum absolute atomic E-state index is 0.0901. The standard InChI is InChI=1S/C16H19ClN2OS/c1-2-8-18-15-6-5-12(17)11-14(15)16(20)19-9-7-13-4-3-10-21-13/h3-6,10-11,18H,2,7-9H2,1H3,(H,19,20). The number of nitrogens with one attached hydrogen (secondary N) is 2. The molecule has 2 rings (SSSR count). The Morgan fingerprint density at radius 3 is 2.86 bits per heavy atom. The van der Waals surface area contributed by atoms with Gasteiger partial charge in [0.05, 0.1) is 5.56 Å². The molecule has 0 saturated heterocycles. The molecule has 0 atom stereocenters. The fourth-order valence-corrected chi connectivity index (χ4v) is 2.85. The van der Waals surface area contributed by atoms with Crippen molar-refractivity contribution in [1.29, 1.82) is 0 Å². The summed E-state index contributed by atoms with van der Waals surface area (Å²) in [5.74, 6) is -0.0901. The normalized spacial score (nSPS) is 10.4. The van der Waals surface area contributed by atoms with E-state index in [0.717, 1.165) is 25.1 Å². The minimum Gasteiger partial charge on any atom is -0.384 e. The van der Waals surface area contributed by atoms with Crippen molar-refractivity contribution in [3.8, 4) is 0 Å². The molecular formula is C16H19ClN2OS. The van der Waals surface area contributed by atoms with E-state index in [-0.39, 0.29) is 5.91 Å². The lowest BCUT2D eigenvalue weighted by molar-refractivity contribution is 0.0955. The van der Waals surface area contributed by atoms with Crippen molar-refractivity contribution in [2.24, 2.45) is 0 Å². The van der Waals surface area contributed by atoms with Gasteiger partial charge >= 0.3 is 0 Å². The lowest BCUT2D eigenvalue weighted by atomic mass is 10.1. The molecule has 3 nitrogen and oxygen atoms in total. The van der Waals surface area contributed by atoms with Gasteiger partial charge < -0.3 is 10.6 Å². The molecule has 1 aromatic carbocycles. The van der Waals surface area contributed by atoms with Gasteiger partial charge in [0.25, 0.3) is 5.91 Å². The maximum absolute atomic E-state index is 12.3. The summed E-state index contributed by atoms with van der Waals surface area (Å²) in [4.78, 5) is 13.6. The van der Waals surface area contributed by atoms with Gasteiger partial charge in [-0.25, -0.2) is 0 Å². The zero-order valence-corrected chi connectivity index (χ0v) is 13.6. The highest BCUT2D eigenvalue weighted by atomic mass is 35.5. The van der Waals surface area contributed by atoms with Crippen LogP contribution in [0, 0.1) is 0 Å². The molecule has 2 aromatic rings. The Bertz CT molecular complexity index is 584. The van der Waals surface area contributed by atoms with Crippen LogP contribution in [0.25, 0.3) is 0 Å². The fourth-order valence-electron chi connectivity index (χ4n) is 1.97. The Morgan fingerprint density at radius 1 is 1.29 bits per heavy atom.